The molecule has 1 fully saturated rings. The molecule has 1 aliphatic rings. The molecule has 1 aromatic rings. The third kappa shape index (κ3) is 4.43. The van der Waals surface area contributed by atoms with Crippen molar-refractivity contribution in [1.29, 1.82) is 0 Å². The van der Waals surface area contributed by atoms with Gasteiger partial charge in [-0.1, -0.05) is 25.0 Å². The van der Waals surface area contributed by atoms with Gasteiger partial charge in [0.25, 0.3) is 0 Å². The number of nitrogens with one attached hydrogen (secondary N) is 1. The Bertz CT molecular complexity index is 437. The molecule has 2 rings (SSSR count). The summed E-state index contributed by atoms with van der Waals surface area (Å²) in [4.78, 5) is 2.21. The zero-order valence-corrected chi connectivity index (χ0v) is 13.4. The summed E-state index contributed by atoms with van der Waals surface area (Å²) in [6.07, 6.45) is 4.14. The number of nitrogens with zero attached hydrogens (tertiary/aromatic N) is 1. The Balaban J connectivity index is 2.01. The Labute approximate surface area is 128 Å². The van der Waals surface area contributed by atoms with E-state index in [-0.39, 0.29) is 18.2 Å². The topological polar surface area (TPSA) is 44.7 Å². The van der Waals surface area contributed by atoms with Gasteiger partial charge >= 0.3 is 0 Å². The van der Waals surface area contributed by atoms with Crippen LogP contribution in [0, 0.1) is 0 Å². The molecule has 1 saturated carbocycles. The van der Waals surface area contributed by atoms with Crippen molar-refractivity contribution >= 4 is 0 Å². The summed E-state index contributed by atoms with van der Waals surface area (Å²) in [5, 5.41) is 13.6. The Morgan fingerprint density at radius 2 is 2.10 bits per heavy atom. The second-order valence-corrected chi connectivity index (χ2v) is 6.12. The van der Waals surface area contributed by atoms with Crippen molar-refractivity contribution in [3.8, 4) is 5.75 Å². The number of aliphatic hydroxyl groups excluding tert-OH is 1. The molecule has 0 aliphatic heterocycles. The molecule has 1 unspecified atom stereocenters. The van der Waals surface area contributed by atoms with Gasteiger partial charge in [0.2, 0.25) is 0 Å². The number of hydrogen-bond acceptors (Lipinski definition) is 4. The number of likely N-dealkylation sites (N-methyl/N-ethyl adjacent to an activating group) is 1. The van der Waals surface area contributed by atoms with Gasteiger partial charge in [0.05, 0.1) is 13.2 Å². The quantitative estimate of drug-likeness (QED) is 0.843. The van der Waals surface area contributed by atoms with Gasteiger partial charge in [-0.2, -0.15) is 0 Å². The number of methoxy groups -OCH3 is 1. The largest absolute Gasteiger partial charge is 0.497 e. The van der Waals surface area contributed by atoms with Crippen molar-refractivity contribution in [2.75, 3.05) is 27.7 Å². The summed E-state index contributed by atoms with van der Waals surface area (Å²) < 4.78 is 5.32. The summed E-state index contributed by atoms with van der Waals surface area (Å²) in [5.74, 6) is 0.886. The van der Waals surface area contributed by atoms with Gasteiger partial charge < -0.3 is 20.1 Å². The molecule has 118 valence electrons. The van der Waals surface area contributed by atoms with E-state index in [4.69, 9.17) is 4.74 Å². The van der Waals surface area contributed by atoms with Crippen LogP contribution in [0.5, 0.6) is 5.75 Å². The van der Waals surface area contributed by atoms with E-state index >= 15 is 0 Å². The lowest BCUT2D eigenvalue weighted by molar-refractivity contribution is 0.0869. The monoisotopic (exact) mass is 292 g/mol. The molecule has 0 amide bonds. The zero-order valence-electron chi connectivity index (χ0n) is 13.4. The van der Waals surface area contributed by atoms with Crippen molar-refractivity contribution in [2.24, 2.45) is 0 Å². The van der Waals surface area contributed by atoms with Crippen molar-refractivity contribution in [1.82, 2.24) is 10.2 Å². The summed E-state index contributed by atoms with van der Waals surface area (Å²) in [7, 11) is 5.87. The predicted molar refractivity (Wildman–Crippen MR) is 85.7 cm³/mol. The second-order valence-electron chi connectivity index (χ2n) is 6.12. The minimum absolute atomic E-state index is 0.202. The highest BCUT2D eigenvalue weighted by molar-refractivity contribution is 5.30. The van der Waals surface area contributed by atoms with Crippen LogP contribution in [0.4, 0.5) is 0 Å². The number of ether oxygens (including phenoxy) is 1. The standard InChI is InChI=1S/C17H28N2O2/c1-19(2)16(13-7-6-8-14(11-13)21-3)12-18-15-9-4-5-10-17(15)20/h6-8,11,15-18,20H,4-5,9-10,12H2,1-3H3/t15-,16?,17-/m1/s1. The van der Waals surface area contributed by atoms with E-state index < -0.39 is 0 Å². The average Bonchev–Trinajstić information content (AvgIpc) is 2.49. The molecule has 0 saturated heterocycles. The molecule has 0 heterocycles. The normalized spacial score (nSPS) is 24.0. The average molecular weight is 292 g/mol. The van der Waals surface area contributed by atoms with Crippen LogP contribution in [0.1, 0.15) is 37.3 Å². The van der Waals surface area contributed by atoms with Crippen molar-refractivity contribution in [2.45, 2.75) is 43.9 Å². The number of rotatable bonds is 6. The van der Waals surface area contributed by atoms with Gasteiger partial charge in [0.1, 0.15) is 5.75 Å². The van der Waals surface area contributed by atoms with Crippen LogP contribution in [0.15, 0.2) is 24.3 Å². The van der Waals surface area contributed by atoms with Crippen LogP contribution in [-0.4, -0.2) is 49.9 Å². The maximum Gasteiger partial charge on any atom is 0.119 e. The van der Waals surface area contributed by atoms with Gasteiger partial charge in [0, 0.05) is 18.6 Å². The van der Waals surface area contributed by atoms with Crippen LogP contribution in [0.2, 0.25) is 0 Å². The van der Waals surface area contributed by atoms with E-state index in [0.717, 1.165) is 31.6 Å². The smallest absolute Gasteiger partial charge is 0.119 e. The molecule has 3 atom stereocenters. The van der Waals surface area contributed by atoms with Crippen LogP contribution in [-0.2, 0) is 0 Å². The van der Waals surface area contributed by atoms with Crippen LogP contribution >= 0.6 is 0 Å². The number of hydrogen-bond donors (Lipinski definition) is 2. The predicted octanol–water partition coefficient (Wildman–Crippen LogP) is 2.19. The minimum atomic E-state index is -0.202. The van der Waals surface area contributed by atoms with Gasteiger partial charge in [-0.25, -0.2) is 0 Å². The Morgan fingerprint density at radius 1 is 1.33 bits per heavy atom. The second kappa shape index (κ2) is 7.78. The molecule has 1 aromatic carbocycles. The fraction of sp³-hybridized carbons (Fsp3) is 0.647. The summed E-state index contributed by atoms with van der Waals surface area (Å²) >= 11 is 0. The van der Waals surface area contributed by atoms with Crippen LogP contribution < -0.4 is 10.1 Å². The Kier molecular flexibility index (Phi) is 6.03. The molecular weight excluding hydrogens is 264 g/mol. The molecule has 21 heavy (non-hydrogen) atoms. The van der Waals surface area contributed by atoms with E-state index in [2.05, 4.69) is 36.4 Å². The van der Waals surface area contributed by atoms with Gasteiger partial charge in [-0.15, -0.1) is 0 Å². The molecule has 0 spiro atoms. The highest BCUT2D eigenvalue weighted by Gasteiger charge is 2.24. The fourth-order valence-electron chi connectivity index (χ4n) is 3.06. The summed E-state index contributed by atoms with van der Waals surface area (Å²) in [6, 6.07) is 8.71. The SMILES string of the molecule is COc1cccc(C(CN[C@@H]2CCCC[C@H]2O)N(C)C)c1. The third-order valence-corrected chi connectivity index (χ3v) is 4.40. The highest BCUT2D eigenvalue weighted by Crippen LogP contribution is 2.24. The van der Waals surface area contributed by atoms with Crippen LogP contribution in [0.3, 0.4) is 0 Å². The first-order chi connectivity index (χ1) is 10.1. The number of benzene rings is 1. The molecule has 4 nitrogen and oxygen atoms in total. The maximum absolute atomic E-state index is 10.1. The molecule has 1 aliphatic carbocycles. The van der Waals surface area contributed by atoms with Crippen molar-refractivity contribution in [3.05, 3.63) is 29.8 Å². The lowest BCUT2D eigenvalue weighted by Gasteiger charge is -2.32. The molecule has 0 radical (unpaired) electrons. The first-order valence-corrected chi connectivity index (χ1v) is 7.83. The fourth-order valence-corrected chi connectivity index (χ4v) is 3.06. The van der Waals surface area contributed by atoms with E-state index in [9.17, 15) is 5.11 Å². The molecular formula is C17H28N2O2. The lowest BCUT2D eigenvalue weighted by Crippen LogP contribution is -2.45. The van der Waals surface area contributed by atoms with Gasteiger partial charge in [-0.05, 0) is 44.6 Å². The van der Waals surface area contributed by atoms with E-state index in [1.165, 1.54) is 12.0 Å². The first kappa shape index (κ1) is 16.3. The van der Waals surface area contributed by atoms with Crippen molar-refractivity contribution in [3.63, 3.8) is 0 Å². The van der Waals surface area contributed by atoms with Gasteiger partial charge in [0.15, 0.2) is 0 Å². The third-order valence-electron chi connectivity index (χ3n) is 4.40. The Hall–Kier alpha value is -1.10. The lowest BCUT2D eigenvalue weighted by atomic mass is 9.92. The van der Waals surface area contributed by atoms with E-state index in [1.54, 1.807) is 7.11 Å². The molecule has 2 N–H and O–H groups in total. The van der Waals surface area contributed by atoms with Gasteiger partial charge in [-0.3, -0.25) is 0 Å². The first-order valence-electron chi connectivity index (χ1n) is 7.83. The zero-order chi connectivity index (χ0) is 15.2. The van der Waals surface area contributed by atoms with Crippen LogP contribution in [0.25, 0.3) is 0 Å². The maximum atomic E-state index is 10.1. The molecule has 4 heteroatoms. The summed E-state index contributed by atoms with van der Waals surface area (Å²) in [5.41, 5.74) is 1.23. The highest BCUT2D eigenvalue weighted by atomic mass is 16.5. The van der Waals surface area contributed by atoms with Crippen molar-refractivity contribution < 1.29 is 9.84 Å². The Morgan fingerprint density at radius 3 is 2.76 bits per heavy atom. The summed E-state index contributed by atoms with van der Waals surface area (Å²) in [6.45, 7) is 0.835. The molecule has 0 bridgehead atoms. The number of aliphatic hydroxyl groups is 1. The van der Waals surface area contributed by atoms with E-state index in [0.29, 0.717) is 0 Å². The molecule has 0 aromatic heterocycles. The minimum Gasteiger partial charge on any atom is -0.497 e. The van der Waals surface area contributed by atoms with E-state index in [1.807, 2.05) is 12.1 Å².